The Balaban J connectivity index is 1.50. The van der Waals surface area contributed by atoms with Crippen molar-refractivity contribution in [3.05, 3.63) is 69.9 Å². The fourth-order valence-corrected chi connectivity index (χ4v) is 5.77. The number of alkyl halides is 2. The van der Waals surface area contributed by atoms with E-state index >= 15 is 0 Å². The van der Waals surface area contributed by atoms with Gasteiger partial charge in [0.05, 0.1) is 11.6 Å². The summed E-state index contributed by atoms with van der Waals surface area (Å²) in [5, 5.41) is 19.7. The number of aromatic carboxylic acids is 1. The first-order chi connectivity index (χ1) is 17.5. The Morgan fingerprint density at radius 2 is 1.84 bits per heavy atom. The number of unbranched alkanes of at least 4 members (excludes halogenated alkanes) is 2. The lowest BCUT2D eigenvalue weighted by molar-refractivity contribution is -0.148. The van der Waals surface area contributed by atoms with E-state index in [4.69, 9.17) is 5.11 Å². The summed E-state index contributed by atoms with van der Waals surface area (Å²) in [6, 6.07) is 13.6. The molecule has 1 saturated heterocycles. The Kier molecular flexibility index (Phi) is 10.0. The number of carboxylic acids is 1. The van der Waals surface area contributed by atoms with E-state index in [1.165, 1.54) is 16.5 Å². The van der Waals surface area contributed by atoms with Crippen molar-refractivity contribution >= 4 is 23.2 Å². The van der Waals surface area contributed by atoms with E-state index in [2.05, 4.69) is 12.1 Å². The Morgan fingerprint density at radius 1 is 1.11 bits per heavy atom. The zero-order valence-electron chi connectivity index (χ0n) is 21.5. The molecule has 3 rings (SSSR count). The van der Waals surface area contributed by atoms with E-state index in [0.29, 0.717) is 12.8 Å². The van der Waals surface area contributed by atoms with Crippen molar-refractivity contribution in [3.8, 4) is 0 Å². The van der Waals surface area contributed by atoms with Gasteiger partial charge in [0.25, 0.3) is 5.91 Å². The third kappa shape index (κ3) is 7.95. The fourth-order valence-electron chi connectivity index (χ4n) is 4.88. The predicted octanol–water partition coefficient (Wildman–Crippen LogP) is 6.36. The third-order valence-electron chi connectivity index (χ3n) is 7.14. The lowest BCUT2D eigenvalue weighted by Gasteiger charge is -2.32. The van der Waals surface area contributed by atoms with E-state index in [0.717, 1.165) is 48.3 Å². The number of halogens is 2. The van der Waals surface area contributed by atoms with Crippen LogP contribution in [0.1, 0.15) is 72.5 Å². The SMILES string of the molecule is C[C@@H](CCCCCc1ccccc1)[C@H](O)/C=C/C1(C)CC(F)(F)C(=O)N1CCCc1ccc(C(=O)O)s1. The van der Waals surface area contributed by atoms with Crippen LogP contribution in [0.5, 0.6) is 0 Å². The molecular weight excluding hydrogens is 496 g/mol. The molecule has 3 atom stereocenters. The van der Waals surface area contributed by atoms with Gasteiger partial charge in [0.1, 0.15) is 4.88 Å². The molecule has 1 aliphatic rings. The van der Waals surface area contributed by atoms with Gasteiger partial charge >= 0.3 is 11.9 Å². The molecule has 1 aliphatic heterocycles. The first kappa shape index (κ1) is 29.0. The molecule has 1 aromatic heterocycles. The zero-order valence-corrected chi connectivity index (χ0v) is 22.4. The molecule has 8 heteroatoms. The van der Waals surface area contributed by atoms with Crippen molar-refractivity contribution in [2.24, 2.45) is 5.92 Å². The number of aryl methyl sites for hydroxylation is 2. The number of carbonyl (C=O) groups excluding carboxylic acids is 1. The summed E-state index contributed by atoms with van der Waals surface area (Å²) in [4.78, 5) is 25.8. The highest BCUT2D eigenvalue weighted by molar-refractivity contribution is 7.13. The highest BCUT2D eigenvalue weighted by Crippen LogP contribution is 2.42. The highest BCUT2D eigenvalue weighted by atomic mass is 32.1. The lowest BCUT2D eigenvalue weighted by atomic mass is 9.92. The Hall–Kier alpha value is -2.58. The van der Waals surface area contributed by atoms with Crippen LogP contribution >= 0.6 is 11.3 Å². The Bertz CT molecular complexity index is 1070. The number of nitrogens with zero attached hydrogens (tertiary/aromatic N) is 1. The van der Waals surface area contributed by atoms with Gasteiger partial charge in [-0.15, -0.1) is 11.3 Å². The average Bonchev–Trinajstić information content (AvgIpc) is 3.40. The number of thiophene rings is 1. The van der Waals surface area contributed by atoms with Crippen molar-refractivity contribution < 1.29 is 28.6 Å². The molecule has 37 heavy (non-hydrogen) atoms. The molecule has 2 heterocycles. The molecule has 0 saturated carbocycles. The van der Waals surface area contributed by atoms with Gasteiger partial charge in [0.2, 0.25) is 0 Å². The van der Waals surface area contributed by atoms with Gasteiger partial charge in [-0.05, 0) is 62.6 Å². The molecule has 0 aliphatic carbocycles. The summed E-state index contributed by atoms with van der Waals surface area (Å²) in [6.45, 7) is 3.69. The monoisotopic (exact) mass is 533 g/mol. The summed E-state index contributed by atoms with van der Waals surface area (Å²) >= 11 is 1.15. The number of hydrogen-bond acceptors (Lipinski definition) is 4. The molecule has 1 amide bonds. The van der Waals surface area contributed by atoms with E-state index in [9.17, 15) is 23.5 Å². The van der Waals surface area contributed by atoms with E-state index < -0.39 is 35.9 Å². The number of hydrogen-bond donors (Lipinski definition) is 2. The van der Waals surface area contributed by atoms with Crippen LogP contribution < -0.4 is 0 Å². The van der Waals surface area contributed by atoms with Gasteiger partial charge in [-0.2, -0.15) is 8.78 Å². The summed E-state index contributed by atoms with van der Waals surface area (Å²) < 4.78 is 28.8. The molecule has 1 aromatic carbocycles. The first-order valence-electron chi connectivity index (χ1n) is 12.9. The minimum absolute atomic E-state index is 0.0232. The molecule has 202 valence electrons. The topological polar surface area (TPSA) is 77.8 Å². The molecule has 5 nitrogen and oxygen atoms in total. The quantitative estimate of drug-likeness (QED) is 0.219. The number of aliphatic hydroxyl groups excluding tert-OH is 1. The van der Waals surface area contributed by atoms with Crippen LogP contribution in [0, 0.1) is 5.92 Å². The Morgan fingerprint density at radius 3 is 2.51 bits per heavy atom. The van der Waals surface area contributed by atoms with E-state index in [1.807, 2.05) is 25.1 Å². The van der Waals surface area contributed by atoms with Gasteiger partial charge in [-0.25, -0.2) is 4.79 Å². The highest BCUT2D eigenvalue weighted by Gasteiger charge is 2.58. The second-order valence-corrected chi connectivity index (χ2v) is 11.5. The molecule has 1 unspecified atom stereocenters. The maximum Gasteiger partial charge on any atom is 0.345 e. The van der Waals surface area contributed by atoms with Crippen LogP contribution in [0.4, 0.5) is 8.78 Å². The normalized spacial score (nSPS) is 21.0. The number of aliphatic hydroxyl groups is 1. The second-order valence-electron chi connectivity index (χ2n) is 10.3. The fraction of sp³-hybridized carbons (Fsp3) is 0.517. The van der Waals surface area contributed by atoms with Crippen LogP contribution in [-0.2, 0) is 17.6 Å². The molecule has 2 N–H and O–H groups in total. The lowest BCUT2D eigenvalue weighted by Crippen LogP contribution is -2.43. The summed E-state index contributed by atoms with van der Waals surface area (Å²) in [5.41, 5.74) is 0.123. The maximum atomic E-state index is 14.4. The van der Waals surface area contributed by atoms with Crippen molar-refractivity contribution in [2.75, 3.05) is 6.54 Å². The first-order valence-corrected chi connectivity index (χ1v) is 13.8. The number of rotatable bonds is 14. The largest absolute Gasteiger partial charge is 0.477 e. The molecule has 1 fully saturated rings. The minimum atomic E-state index is -3.45. The van der Waals surface area contributed by atoms with Crippen molar-refractivity contribution in [2.45, 2.75) is 82.8 Å². The minimum Gasteiger partial charge on any atom is -0.477 e. The van der Waals surface area contributed by atoms with Crippen molar-refractivity contribution in [3.63, 3.8) is 0 Å². The van der Waals surface area contributed by atoms with Crippen LogP contribution in [0.3, 0.4) is 0 Å². The summed E-state index contributed by atoms with van der Waals surface area (Å²) in [6.07, 6.45) is 7.63. The van der Waals surface area contributed by atoms with Crippen LogP contribution in [0.2, 0.25) is 0 Å². The maximum absolute atomic E-state index is 14.4. The number of likely N-dealkylation sites (tertiary alicyclic amines) is 1. The van der Waals surface area contributed by atoms with Gasteiger partial charge in [-0.3, -0.25) is 4.79 Å². The third-order valence-corrected chi connectivity index (χ3v) is 8.27. The Labute approximate surface area is 221 Å². The van der Waals surface area contributed by atoms with E-state index in [1.54, 1.807) is 25.1 Å². The molecular formula is C29H37F2NO4S. The van der Waals surface area contributed by atoms with E-state index in [-0.39, 0.29) is 17.3 Å². The van der Waals surface area contributed by atoms with Crippen LogP contribution in [-0.4, -0.2) is 51.1 Å². The smallest absolute Gasteiger partial charge is 0.345 e. The molecule has 0 radical (unpaired) electrons. The van der Waals surface area contributed by atoms with Crippen molar-refractivity contribution in [1.29, 1.82) is 0 Å². The number of carbonyl (C=O) groups is 2. The second kappa shape index (κ2) is 12.8. The zero-order chi connectivity index (χ0) is 27.1. The summed E-state index contributed by atoms with van der Waals surface area (Å²) in [7, 11) is 0. The summed E-state index contributed by atoms with van der Waals surface area (Å²) in [5.74, 6) is -5.67. The molecule has 2 aromatic rings. The number of amides is 1. The van der Waals surface area contributed by atoms with Crippen LogP contribution in [0.15, 0.2) is 54.6 Å². The molecule has 0 spiro atoms. The van der Waals surface area contributed by atoms with Crippen LogP contribution in [0.25, 0.3) is 0 Å². The number of carboxylic acid groups (broad SMARTS) is 1. The van der Waals surface area contributed by atoms with Gasteiger partial charge in [0.15, 0.2) is 0 Å². The van der Waals surface area contributed by atoms with Gasteiger partial charge in [0, 0.05) is 17.8 Å². The molecule has 0 bridgehead atoms. The number of benzene rings is 1. The predicted molar refractivity (Wildman–Crippen MR) is 142 cm³/mol. The van der Waals surface area contributed by atoms with Crippen molar-refractivity contribution in [1.82, 2.24) is 4.90 Å². The average molecular weight is 534 g/mol. The van der Waals surface area contributed by atoms with Gasteiger partial charge in [-0.1, -0.05) is 62.2 Å². The van der Waals surface area contributed by atoms with Gasteiger partial charge < -0.3 is 15.1 Å². The standard InChI is InChI=1S/C29H37F2NO4S/c1-21(10-5-3-6-11-22-12-7-4-8-13-22)24(33)17-18-28(2)20-29(30,31)27(36)32(28)19-9-14-23-15-16-25(37-23)26(34)35/h4,7-8,12-13,15-18,21,24,33H,3,5-6,9-11,14,19-20H2,1-2H3,(H,34,35)/b18-17+/t21-,24+,28?/m0/s1.